The van der Waals surface area contributed by atoms with E-state index in [-0.39, 0.29) is 5.95 Å². The number of rotatable bonds is 5. The van der Waals surface area contributed by atoms with E-state index in [4.69, 9.17) is 5.73 Å². The number of nitrogens with one attached hydrogen (secondary N) is 2. The van der Waals surface area contributed by atoms with E-state index in [2.05, 4.69) is 20.6 Å². The maximum Gasteiger partial charge on any atom is 0.296 e. The lowest BCUT2D eigenvalue weighted by Crippen LogP contribution is -2.22. The Morgan fingerprint density at radius 2 is 1.73 bits per heavy atom. The molecule has 0 aliphatic heterocycles. The summed E-state index contributed by atoms with van der Waals surface area (Å²) in [6, 6.07) is 17.1. The average Bonchev–Trinajstić information content (AvgIpc) is 2.67. The Bertz CT molecular complexity index is 957. The van der Waals surface area contributed by atoms with Crippen LogP contribution in [0, 0.1) is 0 Å². The summed E-state index contributed by atoms with van der Waals surface area (Å²) in [5.41, 5.74) is 7.88. The molecule has 0 spiro atoms. The Morgan fingerprint density at radius 1 is 0.962 bits per heavy atom. The van der Waals surface area contributed by atoms with E-state index in [1.165, 1.54) is 0 Å². The van der Waals surface area contributed by atoms with Crippen molar-refractivity contribution in [1.82, 2.24) is 9.97 Å². The monoisotopic (exact) mass is 347 g/mol. The molecule has 0 aliphatic carbocycles. The van der Waals surface area contributed by atoms with Gasteiger partial charge < -0.3 is 16.4 Å². The van der Waals surface area contributed by atoms with Gasteiger partial charge in [0.05, 0.1) is 5.69 Å². The van der Waals surface area contributed by atoms with E-state index in [0.717, 1.165) is 5.56 Å². The number of Topliss-reactive ketones (excluding diaryl/α,β-unsaturated/α-hetero) is 1. The van der Waals surface area contributed by atoms with Crippen molar-refractivity contribution in [2.75, 3.05) is 23.4 Å². The Morgan fingerprint density at radius 3 is 2.46 bits per heavy atom. The molecular formula is C19H17N5O2. The van der Waals surface area contributed by atoms with Crippen LogP contribution in [0.5, 0.6) is 0 Å². The molecule has 3 aromatic rings. The first-order chi connectivity index (χ1) is 12.6. The summed E-state index contributed by atoms with van der Waals surface area (Å²) in [5.74, 6) is -0.576. The summed E-state index contributed by atoms with van der Waals surface area (Å²) in [7, 11) is 1.73. The normalized spacial score (nSPS) is 10.2. The molecular weight excluding hydrogens is 330 g/mol. The third-order valence-electron chi connectivity index (χ3n) is 3.66. The number of hydrogen-bond acceptors (Lipinski definition) is 6. The number of amides is 1. The molecule has 26 heavy (non-hydrogen) atoms. The predicted octanol–water partition coefficient (Wildman–Crippen LogP) is 2.59. The van der Waals surface area contributed by atoms with E-state index in [1.807, 2.05) is 6.07 Å². The molecule has 3 rings (SSSR count). The van der Waals surface area contributed by atoms with Gasteiger partial charge in [-0.3, -0.25) is 9.59 Å². The van der Waals surface area contributed by atoms with E-state index in [9.17, 15) is 9.59 Å². The van der Waals surface area contributed by atoms with Crippen LogP contribution in [0.1, 0.15) is 10.4 Å². The summed E-state index contributed by atoms with van der Waals surface area (Å²) in [6.07, 6.45) is 0. The van der Waals surface area contributed by atoms with Gasteiger partial charge >= 0.3 is 0 Å². The molecule has 0 saturated carbocycles. The number of nitrogens with zero attached hydrogens (tertiary/aromatic N) is 2. The molecule has 1 amide bonds. The van der Waals surface area contributed by atoms with Crippen molar-refractivity contribution in [1.29, 1.82) is 0 Å². The number of carbonyl (C=O) groups excluding carboxylic acids is 2. The third kappa shape index (κ3) is 3.84. The van der Waals surface area contributed by atoms with Gasteiger partial charge in [0, 0.05) is 29.9 Å². The van der Waals surface area contributed by atoms with Crippen molar-refractivity contribution >= 4 is 29.1 Å². The van der Waals surface area contributed by atoms with Crippen molar-refractivity contribution in [3.8, 4) is 11.3 Å². The molecule has 1 heterocycles. The highest BCUT2D eigenvalue weighted by Gasteiger charge is 2.16. The lowest BCUT2D eigenvalue weighted by Gasteiger charge is -2.08. The van der Waals surface area contributed by atoms with Crippen molar-refractivity contribution < 1.29 is 9.59 Å². The summed E-state index contributed by atoms with van der Waals surface area (Å²) < 4.78 is 0. The number of benzene rings is 2. The molecule has 0 atom stereocenters. The number of ketones is 1. The van der Waals surface area contributed by atoms with Gasteiger partial charge in [-0.1, -0.05) is 42.5 Å². The maximum atomic E-state index is 12.2. The van der Waals surface area contributed by atoms with Gasteiger partial charge in [0.2, 0.25) is 5.95 Å². The highest BCUT2D eigenvalue weighted by atomic mass is 16.2. The maximum absolute atomic E-state index is 12.2. The summed E-state index contributed by atoms with van der Waals surface area (Å²) in [6.45, 7) is 0. The Hall–Kier alpha value is -3.74. The molecule has 4 N–H and O–H groups in total. The second-order valence-corrected chi connectivity index (χ2v) is 5.48. The van der Waals surface area contributed by atoms with Gasteiger partial charge in [0.15, 0.2) is 0 Å². The number of hydrogen-bond donors (Lipinski definition) is 3. The Labute approximate surface area is 150 Å². The molecule has 2 aromatic carbocycles. The second-order valence-electron chi connectivity index (χ2n) is 5.48. The lowest BCUT2D eigenvalue weighted by atomic mass is 10.1. The highest BCUT2D eigenvalue weighted by molar-refractivity contribution is 6.46. The van der Waals surface area contributed by atoms with E-state index < -0.39 is 11.7 Å². The van der Waals surface area contributed by atoms with Crippen molar-refractivity contribution in [3.05, 3.63) is 66.2 Å². The fourth-order valence-electron chi connectivity index (χ4n) is 2.41. The van der Waals surface area contributed by atoms with E-state index in [1.54, 1.807) is 61.6 Å². The lowest BCUT2D eigenvalue weighted by molar-refractivity contribution is -0.112. The fourth-order valence-corrected chi connectivity index (χ4v) is 2.41. The Balaban J connectivity index is 1.83. The van der Waals surface area contributed by atoms with E-state index >= 15 is 0 Å². The summed E-state index contributed by atoms with van der Waals surface area (Å²) in [4.78, 5) is 32.6. The minimum atomic E-state index is -0.702. The molecule has 0 fully saturated rings. The fraction of sp³-hybridized carbons (Fsp3) is 0.0526. The van der Waals surface area contributed by atoms with Crippen LogP contribution >= 0.6 is 0 Å². The minimum Gasteiger partial charge on any atom is -0.373 e. The first-order valence-electron chi connectivity index (χ1n) is 7.90. The first-order valence-corrected chi connectivity index (χ1v) is 7.90. The summed E-state index contributed by atoms with van der Waals surface area (Å²) in [5, 5.41) is 5.53. The van der Waals surface area contributed by atoms with Crippen LogP contribution in [0.2, 0.25) is 0 Å². The minimum absolute atomic E-state index is 0.139. The highest BCUT2D eigenvalue weighted by Crippen LogP contribution is 2.23. The third-order valence-corrected chi connectivity index (χ3v) is 3.66. The van der Waals surface area contributed by atoms with Crippen LogP contribution in [0.4, 0.5) is 17.5 Å². The number of anilines is 3. The zero-order valence-corrected chi connectivity index (χ0v) is 14.1. The number of nitrogen functional groups attached to an aromatic ring is 1. The number of aromatic nitrogens is 2. The molecule has 130 valence electrons. The smallest absolute Gasteiger partial charge is 0.296 e. The van der Waals surface area contributed by atoms with Crippen LogP contribution in [0.3, 0.4) is 0 Å². The number of carbonyl (C=O) groups is 2. The largest absolute Gasteiger partial charge is 0.373 e. The molecule has 0 aliphatic rings. The van der Waals surface area contributed by atoms with Crippen LogP contribution in [-0.4, -0.2) is 28.7 Å². The van der Waals surface area contributed by atoms with Crippen molar-refractivity contribution in [3.63, 3.8) is 0 Å². The SMILES string of the molecule is CNc1cc(-c2cccc(NC(=O)C(=O)c3ccccc3)c2)nc(N)n1. The Kier molecular flexibility index (Phi) is 4.89. The van der Waals surface area contributed by atoms with Gasteiger partial charge in [-0.2, -0.15) is 4.98 Å². The molecule has 0 saturated heterocycles. The van der Waals surface area contributed by atoms with Gasteiger partial charge in [0.25, 0.3) is 11.7 Å². The van der Waals surface area contributed by atoms with Crippen molar-refractivity contribution in [2.45, 2.75) is 0 Å². The van der Waals surface area contributed by atoms with E-state index in [0.29, 0.717) is 22.8 Å². The zero-order chi connectivity index (χ0) is 18.5. The van der Waals surface area contributed by atoms with Crippen molar-refractivity contribution in [2.24, 2.45) is 0 Å². The molecule has 1 aromatic heterocycles. The number of nitrogens with two attached hydrogens (primary N) is 1. The van der Waals surface area contributed by atoms with Gasteiger partial charge in [-0.15, -0.1) is 0 Å². The molecule has 0 radical (unpaired) electrons. The average molecular weight is 347 g/mol. The summed E-state index contributed by atoms with van der Waals surface area (Å²) >= 11 is 0. The topological polar surface area (TPSA) is 110 Å². The molecule has 0 unspecified atom stereocenters. The van der Waals surface area contributed by atoms with Gasteiger partial charge in [-0.25, -0.2) is 4.98 Å². The second kappa shape index (κ2) is 7.43. The van der Waals surface area contributed by atoms with Crippen LogP contribution in [0.15, 0.2) is 60.7 Å². The molecule has 0 bridgehead atoms. The molecule has 7 nitrogen and oxygen atoms in total. The van der Waals surface area contributed by atoms with Gasteiger partial charge in [0.1, 0.15) is 5.82 Å². The van der Waals surface area contributed by atoms with Crippen LogP contribution in [-0.2, 0) is 4.79 Å². The quantitative estimate of drug-likeness (QED) is 0.483. The van der Waals surface area contributed by atoms with Crippen LogP contribution in [0.25, 0.3) is 11.3 Å². The first kappa shape index (κ1) is 17.1. The zero-order valence-electron chi connectivity index (χ0n) is 14.1. The predicted molar refractivity (Wildman–Crippen MR) is 101 cm³/mol. The van der Waals surface area contributed by atoms with Crippen LogP contribution < -0.4 is 16.4 Å². The molecule has 7 heteroatoms. The standard InChI is InChI=1S/C19H17N5O2/c1-21-16-11-15(23-19(20)24-16)13-8-5-9-14(10-13)22-18(26)17(25)12-6-3-2-4-7-12/h2-11H,1H3,(H,22,26)(H3,20,21,23,24). The van der Waals surface area contributed by atoms with Gasteiger partial charge in [-0.05, 0) is 12.1 Å².